The molecular formula is C19H19BrN4O3S2. The van der Waals surface area contributed by atoms with Gasteiger partial charge in [-0.3, -0.25) is 4.79 Å². The first-order valence-electron chi connectivity index (χ1n) is 8.60. The van der Waals surface area contributed by atoms with E-state index >= 15 is 0 Å². The number of rotatable bonds is 7. The van der Waals surface area contributed by atoms with E-state index in [0.29, 0.717) is 16.7 Å². The number of aryl methyl sites for hydroxylation is 1. The van der Waals surface area contributed by atoms with Crippen molar-refractivity contribution in [2.24, 2.45) is 7.05 Å². The second-order valence-electron chi connectivity index (χ2n) is 6.37. The lowest BCUT2D eigenvalue weighted by atomic mass is 10.2. The van der Waals surface area contributed by atoms with Crippen LogP contribution in [0, 0.1) is 6.92 Å². The van der Waals surface area contributed by atoms with Crippen LogP contribution < -0.4 is 5.32 Å². The molecule has 3 aromatic rings. The minimum atomic E-state index is -3.53. The van der Waals surface area contributed by atoms with Crippen molar-refractivity contribution in [1.29, 1.82) is 0 Å². The maximum atomic E-state index is 12.6. The molecule has 1 amide bonds. The molecule has 0 spiro atoms. The van der Waals surface area contributed by atoms with Gasteiger partial charge in [0.2, 0.25) is 5.91 Å². The number of hydrogen-bond acceptors (Lipinski definition) is 6. The average Bonchev–Trinajstić information content (AvgIpc) is 3.01. The van der Waals surface area contributed by atoms with Crippen LogP contribution >= 0.6 is 27.7 Å². The van der Waals surface area contributed by atoms with Crippen LogP contribution in [0.25, 0.3) is 0 Å². The Labute approximate surface area is 182 Å². The van der Waals surface area contributed by atoms with E-state index in [9.17, 15) is 13.2 Å². The number of aromatic nitrogens is 3. The molecule has 0 aliphatic carbocycles. The molecule has 0 aliphatic heterocycles. The first-order chi connectivity index (χ1) is 13.7. The first-order valence-corrected chi connectivity index (χ1v) is 12.0. The number of nitrogens with one attached hydrogen (secondary N) is 1. The third-order valence-corrected chi connectivity index (χ3v) is 7.26. The molecule has 1 N–H and O–H groups in total. The number of nitrogens with zero attached hydrogens (tertiary/aromatic N) is 3. The van der Waals surface area contributed by atoms with Crippen molar-refractivity contribution in [3.05, 3.63) is 64.4 Å². The molecule has 3 rings (SSSR count). The molecular weight excluding hydrogens is 476 g/mol. The highest BCUT2D eigenvalue weighted by molar-refractivity contribution is 9.10. The van der Waals surface area contributed by atoms with Crippen LogP contribution in [0.3, 0.4) is 0 Å². The van der Waals surface area contributed by atoms with Gasteiger partial charge < -0.3 is 9.88 Å². The SMILES string of the molecule is Cc1ccc(S(=O)(=O)Cc2nnc(SCC(=O)Nc3ccc(Br)cc3)n2C)cc1. The van der Waals surface area contributed by atoms with Crippen molar-refractivity contribution in [2.75, 3.05) is 11.1 Å². The van der Waals surface area contributed by atoms with E-state index < -0.39 is 9.84 Å². The summed E-state index contributed by atoms with van der Waals surface area (Å²) in [5.74, 6) is 0.00774. The van der Waals surface area contributed by atoms with Crippen LogP contribution in [0.15, 0.2) is 63.1 Å². The van der Waals surface area contributed by atoms with Gasteiger partial charge in [0.05, 0.1) is 10.6 Å². The first kappa shape index (κ1) is 21.5. The molecule has 0 aliphatic rings. The van der Waals surface area contributed by atoms with Gasteiger partial charge in [0.1, 0.15) is 11.6 Å². The van der Waals surface area contributed by atoms with E-state index in [-0.39, 0.29) is 22.3 Å². The van der Waals surface area contributed by atoms with Crippen molar-refractivity contribution in [2.45, 2.75) is 22.7 Å². The van der Waals surface area contributed by atoms with Gasteiger partial charge in [-0.15, -0.1) is 10.2 Å². The lowest BCUT2D eigenvalue weighted by Crippen LogP contribution is -2.14. The van der Waals surface area contributed by atoms with E-state index in [1.165, 1.54) is 11.8 Å². The molecule has 0 bridgehead atoms. The largest absolute Gasteiger partial charge is 0.325 e. The predicted octanol–water partition coefficient (Wildman–Crippen LogP) is 3.59. The van der Waals surface area contributed by atoms with Gasteiger partial charge in [-0.2, -0.15) is 0 Å². The molecule has 1 aromatic heterocycles. The average molecular weight is 495 g/mol. The van der Waals surface area contributed by atoms with Crippen molar-refractivity contribution >= 4 is 49.1 Å². The van der Waals surface area contributed by atoms with Crippen LogP contribution in [-0.2, 0) is 27.4 Å². The zero-order chi connectivity index (χ0) is 21.0. The van der Waals surface area contributed by atoms with Gasteiger partial charge in [0, 0.05) is 17.2 Å². The topological polar surface area (TPSA) is 94.0 Å². The van der Waals surface area contributed by atoms with Crippen molar-refractivity contribution in [3.63, 3.8) is 0 Å². The maximum Gasteiger partial charge on any atom is 0.234 e. The van der Waals surface area contributed by atoms with Gasteiger partial charge in [-0.1, -0.05) is 45.4 Å². The number of thioether (sulfide) groups is 1. The predicted molar refractivity (Wildman–Crippen MR) is 117 cm³/mol. The normalized spacial score (nSPS) is 11.4. The number of carbonyl (C=O) groups is 1. The van der Waals surface area contributed by atoms with Crippen LogP contribution in [-0.4, -0.2) is 34.8 Å². The second kappa shape index (κ2) is 9.10. The number of halogens is 1. The van der Waals surface area contributed by atoms with Crippen LogP contribution in [0.4, 0.5) is 5.69 Å². The van der Waals surface area contributed by atoms with Gasteiger partial charge in [-0.05, 0) is 43.3 Å². The zero-order valence-electron chi connectivity index (χ0n) is 15.8. The van der Waals surface area contributed by atoms with E-state index in [1.807, 2.05) is 19.1 Å². The summed E-state index contributed by atoms with van der Waals surface area (Å²) in [6.45, 7) is 1.90. The van der Waals surface area contributed by atoms with Gasteiger partial charge in [0.25, 0.3) is 0 Å². The maximum absolute atomic E-state index is 12.6. The Bertz CT molecular complexity index is 1110. The molecule has 0 fully saturated rings. The molecule has 0 atom stereocenters. The third kappa shape index (κ3) is 5.68. The Kier molecular flexibility index (Phi) is 6.76. The number of anilines is 1. The standard InChI is InChI=1S/C19H19BrN4O3S2/c1-13-3-9-16(10-4-13)29(26,27)12-17-22-23-19(24(17)2)28-11-18(25)21-15-7-5-14(20)6-8-15/h3-10H,11-12H2,1-2H3,(H,21,25). The van der Waals surface area contributed by atoms with Crippen molar-refractivity contribution in [3.8, 4) is 0 Å². The fraction of sp³-hybridized carbons (Fsp3) is 0.211. The quantitative estimate of drug-likeness (QED) is 0.504. The van der Waals surface area contributed by atoms with Crippen LogP contribution in [0.1, 0.15) is 11.4 Å². The third-order valence-electron chi connectivity index (χ3n) is 4.08. The Balaban J connectivity index is 1.62. The van der Waals surface area contributed by atoms with Crippen molar-refractivity contribution in [1.82, 2.24) is 14.8 Å². The Morgan fingerprint density at radius 1 is 1.10 bits per heavy atom. The number of sulfone groups is 1. The summed E-state index contributed by atoms with van der Waals surface area (Å²) < 4.78 is 27.8. The van der Waals surface area contributed by atoms with Gasteiger partial charge in [0.15, 0.2) is 15.0 Å². The lowest BCUT2D eigenvalue weighted by molar-refractivity contribution is -0.113. The monoisotopic (exact) mass is 494 g/mol. The zero-order valence-corrected chi connectivity index (χ0v) is 19.0. The summed E-state index contributed by atoms with van der Waals surface area (Å²) >= 11 is 4.54. The molecule has 152 valence electrons. The fourth-order valence-electron chi connectivity index (χ4n) is 2.46. The minimum Gasteiger partial charge on any atom is -0.325 e. The van der Waals surface area contributed by atoms with E-state index in [1.54, 1.807) is 48.0 Å². The molecule has 0 unspecified atom stereocenters. The van der Waals surface area contributed by atoms with Crippen molar-refractivity contribution < 1.29 is 13.2 Å². The molecule has 29 heavy (non-hydrogen) atoms. The highest BCUT2D eigenvalue weighted by Crippen LogP contribution is 2.21. The van der Waals surface area contributed by atoms with E-state index in [0.717, 1.165) is 10.0 Å². The number of amides is 1. The fourth-order valence-corrected chi connectivity index (χ4v) is 4.76. The summed E-state index contributed by atoms with van der Waals surface area (Å²) in [5.41, 5.74) is 1.68. The summed E-state index contributed by atoms with van der Waals surface area (Å²) in [4.78, 5) is 12.4. The van der Waals surface area contributed by atoms with Crippen LogP contribution in [0.5, 0.6) is 0 Å². The summed E-state index contributed by atoms with van der Waals surface area (Å²) in [6.07, 6.45) is 0. The second-order valence-corrected chi connectivity index (χ2v) is 10.2. The Morgan fingerprint density at radius 3 is 2.41 bits per heavy atom. The molecule has 0 radical (unpaired) electrons. The Morgan fingerprint density at radius 2 is 1.76 bits per heavy atom. The van der Waals surface area contributed by atoms with E-state index in [4.69, 9.17) is 0 Å². The molecule has 2 aromatic carbocycles. The number of hydrogen-bond donors (Lipinski definition) is 1. The molecule has 0 saturated heterocycles. The van der Waals surface area contributed by atoms with Crippen LogP contribution in [0.2, 0.25) is 0 Å². The Hall–Kier alpha value is -2.17. The lowest BCUT2D eigenvalue weighted by Gasteiger charge is -2.07. The molecule has 10 heteroatoms. The molecule has 7 nitrogen and oxygen atoms in total. The smallest absolute Gasteiger partial charge is 0.234 e. The number of carbonyl (C=O) groups excluding carboxylic acids is 1. The highest BCUT2D eigenvalue weighted by Gasteiger charge is 2.20. The summed E-state index contributed by atoms with van der Waals surface area (Å²) in [7, 11) is -1.84. The van der Waals surface area contributed by atoms with Gasteiger partial charge in [-0.25, -0.2) is 8.42 Å². The van der Waals surface area contributed by atoms with E-state index in [2.05, 4.69) is 31.4 Å². The highest BCUT2D eigenvalue weighted by atomic mass is 79.9. The minimum absolute atomic E-state index is 0.132. The number of benzene rings is 2. The summed E-state index contributed by atoms with van der Waals surface area (Å²) in [6, 6.07) is 14.0. The van der Waals surface area contributed by atoms with Gasteiger partial charge >= 0.3 is 0 Å². The summed E-state index contributed by atoms with van der Waals surface area (Å²) in [5, 5.41) is 11.3. The molecule has 1 heterocycles. The molecule has 0 saturated carbocycles.